The summed E-state index contributed by atoms with van der Waals surface area (Å²) in [5.74, 6) is 0.705. The minimum Gasteiger partial charge on any atom is -0.370 e. The molecule has 1 aliphatic rings. The summed E-state index contributed by atoms with van der Waals surface area (Å²) in [6.45, 7) is 5.52. The van der Waals surface area contributed by atoms with Gasteiger partial charge in [-0.25, -0.2) is 18.1 Å². The number of hydrogen-bond donors (Lipinski definition) is 2. The molecule has 0 unspecified atom stereocenters. The Morgan fingerprint density at radius 2 is 2.10 bits per heavy atom. The van der Waals surface area contributed by atoms with Crippen molar-refractivity contribution < 1.29 is 8.42 Å². The standard InChI is InChI=1S/C14H23N3O2S/c1-3-9-15-13-6-5-12(10-16-13)20(18,19)17-11-14(2)7-4-8-14/h5-6,10,17H,3-4,7-9,11H2,1-2H3,(H,15,16). The molecular weight excluding hydrogens is 274 g/mol. The van der Waals surface area contributed by atoms with E-state index in [4.69, 9.17) is 0 Å². The lowest BCUT2D eigenvalue weighted by molar-refractivity contribution is 0.166. The average Bonchev–Trinajstić information content (AvgIpc) is 2.41. The van der Waals surface area contributed by atoms with E-state index >= 15 is 0 Å². The van der Waals surface area contributed by atoms with Gasteiger partial charge in [-0.1, -0.05) is 20.3 Å². The van der Waals surface area contributed by atoms with Gasteiger partial charge in [-0.15, -0.1) is 0 Å². The lowest BCUT2D eigenvalue weighted by atomic mass is 9.71. The van der Waals surface area contributed by atoms with Crippen LogP contribution in [0.4, 0.5) is 5.82 Å². The van der Waals surface area contributed by atoms with E-state index in [1.165, 1.54) is 12.6 Å². The minimum absolute atomic E-state index is 0.128. The van der Waals surface area contributed by atoms with Gasteiger partial charge >= 0.3 is 0 Å². The Morgan fingerprint density at radius 3 is 2.60 bits per heavy atom. The summed E-state index contributed by atoms with van der Waals surface area (Å²) in [6, 6.07) is 3.30. The van der Waals surface area contributed by atoms with E-state index in [0.29, 0.717) is 12.4 Å². The molecule has 1 fully saturated rings. The first-order chi connectivity index (χ1) is 9.45. The second-order valence-electron chi connectivity index (χ2n) is 5.79. The fourth-order valence-electron chi connectivity index (χ4n) is 2.21. The van der Waals surface area contributed by atoms with Crippen molar-refractivity contribution in [2.24, 2.45) is 5.41 Å². The van der Waals surface area contributed by atoms with Crippen LogP contribution in [0.15, 0.2) is 23.2 Å². The van der Waals surface area contributed by atoms with Gasteiger partial charge in [0.25, 0.3) is 0 Å². The zero-order valence-electron chi connectivity index (χ0n) is 12.1. The van der Waals surface area contributed by atoms with E-state index < -0.39 is 10.0 Å². The highest BCUT2D eigenvalue weighted by Gasteiger charge is 2.33. The minimum atomic E-state index is -3.45. The molecule has 1 aliphatic carbocycles. The number of nitrogens with zero attached hydrogens (tertiary/aromatic N) is 1. The van der Waals surface area contributed by atoms with Crippen molar-refractivity contribution >= 4 is 15.8 Å². The molecular formula is C14H23N3O2S. The summed E-state index contributed by atoms with van der Waals surface area (Å²) in [6.07, 6.45) is 5.78. The average molecular weight is 297 g/mol. The Labute approximate surface area is 121 Å². The van der Waals surface area contributed by atoms with Gasteiger partial charge in [0.2, 0.25) is 10.0 Å². The first-order valence-corrected chi connectivity index (χ1v) is 8.63. The maximum absolute atomic E-state index is 12.2. The molecule has 6 heteroatoms. The van der Waals surface area contributed by atoms with Crippen LogP contribution in [0.5, 0.6) is 0 Å². The summed E-state index contributed by atoms with van der Waals surface area (Å²) in [5.41, 5.74) is 0.128. The quantitative estimate of drug-likeness (QED) is 0.810. The Kier molecular flexibility index (Phi) is 4.65. The van der Waals surface area contributed by atoms with Crippen LogP contribution in [-0.4, -0.2) is 26.5 Å². The monoisotopic (exact) mass is 297 g/mol. The fourth-order valence-corrected chi connectivity index (χ4v) is 3.35. The molecule has 0 aromatic carbocycles. The highest BCUT2D eigenvalue weighted by molar-refractivity contribution is 7.89. The zero-order valence-corrected chi connectivity index (χ0v) is 13.0. The molecule has 0 radical (unpaired) electrons. The Balaban J connectivity index is 1.98. The van der Waals surface area contributed by atoms with Crippen LogP contribution < -0.4 is 10.0 Å². The second kappa shape index (κ2) is 6.10. The molecule has 1 aromatic heterocycles. The van der Waals surface area contributed by atoms with Gasteiger partial charge in [0, 0.05) is 19.3 Å². The van der Waals surface area contributed by atoms with Gasteiger partial charge in [-0.3, -0.25) is 0 Å². The molecule has 0 atom stereocenters. The highest BCUT2D eigenvalue weighted by atomic mass is 32.2. The molecule has 5 nitrogen and oxygen atoms in total. The third-order valence-electron chi connectivity index (χ3n) is 3.85. The molecule has 0 spiro atoms. The molecule has 112 valence electrons. The number of anilines is 1. The summed E-state index contributed by atoms with van der Waals surface area (Å²) < 4.78 is 27.0. The molecule has 20 heavy (non-hydrogen) atoms. The smallest absolute Gasteiger partial charge is 0.242 e. The number of pyridine rings is 1. The lowest BCUT2D eigenvalue weighted by Crippen LogP contribution is -2.39. The maximum Gasteiger partial charge on any atom is 0.242 e. The van der Waals surface area contributed by atoms with Crippen LogP contribution in [-0.2, 0) is 10.0 Å². The summed E-state index contributed by atoms with van der Waals surface area (Å²) in [4.78, 5) is 4.36. The summed E-state index contributed by atoms with van der Waals surface area (Å²) >= 11 is 0. The fraction of sp³-hybridized carbons (Fsp3) is 0.643. The molecule has 0 amide bonds. The topological polar surface area (TPSA) is 71.1 Å². The van der Waals surface area contributed by atoms with E-state index in [0.717, 1.165) is 25.8 Å². The van der Waals surface area contributed by atoms with Gasteiger partial charge in [0.1, 0.15) is 10.7 Å². The number of aromatic nitrogens is 1. The van der Waals surface area contributed by atoms with Crippen LogP contribution >= 0.6 is 0 Å². The van der Waals surface area contributed by atoms with Crippen molar-refractivity contribution in [3.05, 3.63) is 18.3 Å². The molecule has 0 saturated heterocycles. The summed E-state index contributed by atoms with van der Waals surface area (Å²) in [7, 11) is -3.45. The lowest BCUT2D eigenvalue weighted by Gasteiger charge is -2.38. The van der Waals surface area contributed by atoms with Crippen molar-refractivity contribution in [1.82, 2.24) is 9.71 Å². The highest BCUT2D eigenvalue weighted by Crippen LogP contribution is 2.39. The number of sulfonamides is 1. The molecule has 0 aliphatic heterocycles. The normalized spacial score (nSPS) is 17.5. The van der Waals surface area contributed by atoms with Gasteiger partial charge in [0.05, 0.1) is 0 Å². The largest absolute Gasteiger partial charge is 0.370 e. The first-order valence-electron chi connectivity index (χ1n) is 7.15. The van der Waals surface area contributed by atoms with Crippen LogP contribution in [0.25, 0.3) is 0 Å². The Hall–Kier alpha value is -1.14. The molecule has 1 saturated carbocycles. The van der Waals surface area contributed by atoms with Crippen LogP contribution in [0.1, 0.15) is 39.5 Å². The van der Waals surface area contributed by atoms with Crippen LogP contribution in [0.3, 0.4) is 0 Å². The Morgan fingerprint density at radius 1 is 1.35 bits per heavy atom. The third kappa shape index (κ3) is 3.70. The maximum atomic E-state index is 12.2. The van der Waals surface area contributed by atoms with Crippen molar-refractivity contribution in [2.45, 2.75) is 44.4 Å². The van der Waals surface area contributed by atoms with Gasteiger partial charge in [0.15, 0.2) is 0 Å². The van der Waals surface area contributed by atoms with E-state index in [1.54, 1.807) is 12.1 Å². The van der Waals surface area contributed by atoms with E-state index in [-0.39, 0.29) is 10.3 Å². The van der Waals surface area contributed by atoms with Crippen LogP contribution in [0, 0.1) is 5.41 Å². The van der Waals surface area contributed by atoms with Crippen molar-refractivity contribution in [3.8, 4) is 0 Å². The van der Waals surface area contributed by atoms with Gasteiger partial charge in [-0.2, -0.15) is 0 Å². The summed E-state index contributed by atoms with van der Waals surface area (Å²) in [5, 5.41) is 3.12. The molecule has 1 heterocycles. The molecule has 2 N–H and O–H groups in total. The van der Waals surface area contributed by atoms with Crippen molar-refractivity contribution in [1.29, 1.82) is 0 Å². The van der Waals surface area contributed by atoms with Gasteiger partial charge < -0.3 is 5.32 Å². The predicted octanol–water partition coefficient (Wildman–Crippen LogP) is 2.37. The van der Waals surface area contributed by atoms with E-state index in [9.17, 15) is 8.42 Å². The Bertz CT molecular complexity index is 536. The van der Waals surface area contributed by atoms with E-state index in [1.807, 2.05) is 0 Å². The third-order valence-corrected chi connectivity index (χ3v) is 5.24. The molecule has 0 bridgehead atoms. The van der Waals surface area contributed by atoms with Crippen molar-refractivity contribution in [2.75, 3.05) is 18.4 Å². The number of nitrogens with one attached hydrogen (secondary N) is 2. The second-order valence-corrected chi connectivity index (χ2v) is 7.56. The number of rotatable bonds is 7. The SMILES string of the molecule is CCCNc1ccc(S(=O)(=O)NCC2(C)CCC2)cn1. The number of hydrogen-bond acceptors (Lipinski definition) is 4. The van der Waals surface area contributed by atoms with Gasteiger partial charge in [-0.05, 0) is 36.8 Å². The molecule has 1 aromatic rings. The van der Waals surface area contributed by atoms with Crippen LogP contribution in [0.2, 0.25) is 0 Å². The predicted molar refractivity (Wildman–Crippen MR) is 80.2 cm³/mol. The van der Waals surface area contributed by atoms with E-state index in [2.05, 4.69) is 28.9 Å². The zero-order chi connectivity index (χ0) is 14.6. The first kappa shape index (κ1) is 15.3. The van der Waals surface area contributed by atoms with Crippen molar-refractivity contribution in [3.63, 3.8) is 0 Å². The molecule has 2 rings (SSSR count).